The zero-order valence-corrected chi connectivity index (χ0v) is 31.8. The standard InChI is InChI=1S/C44H8F20O4/c45-25-21(26(46)34(54)41(61)33(25)53)17-9-1-2-10(65-9)18(22-27(47)35(55)42(62)36(56)28(22)48)12-5-6-14(67-12)20(24-31(51)39(59)44(64)40(60)32(24)52)16-8-7-15(68-16)19(13-4-3-11(17)66-13)23-29(49)37(57)43(63)38(58)30(23)50/h1-8H/b17-9+,17-11?,18-10+,18-12?,19-13?,19-15+,20-14?,20-16+. The lowest BCUT2D eigenvalue weighted by molar-refractivity contribution is 0.374. The molecule has 0 spiro atoms. The van der Waals surface area contributed by atoms with Gasteiger partial charge in [0.2, 0.25) is 23.3 Å². The molecule has 0 saturated heterocycles. The van der Waals surface area contributed by atoms with Crippen LogP contribution in [0.1, 0.15) is 45.3 Å². The van der Waals surface area contributed by atoms with Crippen molar-refractivity contribution in [2.24, 2.45) is 0 Å². The average molecular weight is 981 g/mol. The Morgan fingerprint density at radius 2 is 0.324 bits per heavy atom. The van der Waals surface area contributed by atoms with Gasteiger partial charge in [-0.2, -0.15) is 0 Å². The number of halogens is 20. The lowest BCUT2D eigenvalue weighted by Crippen LogP contribution is -2.17. The summed E-state index contributed by atoms with van der Waals surface area (Å²) in [7, 11) is 0. The summed E-state index contributed by atoms with van der Waals surface area (Å²) in [6.45, 7) is 0. The Morgan fingerprint density at radius 3 is 0.485 bits per heavy atom. The molecule has 4 nitrogen and oxygen atoms in total. The van der Waals surface area contributed by atoms with E-state index >= 15 is 35.1 Å². The summed E-state index contributed by atoms with van der Waals surface area (Å²) in [5.74, 6) is -58.9. The first-order valence-electron chi connectivity index (χ1n) is 18.1. The largest absolute Gasteiger partial charge is 0.456 e. The zero-order chi connectivity index (χ0) is 49.3. The third kappa shape index (κ3) is 6.39. The van der Waals surface area contributed by atoms with E-state index < -0.39 is 206 Å². The van der Waals surface area contributed by atoms with Gasteiger partial charge in [0.1, 0.15) is 44.7 Å². The highest BCUT2D eigenvalue weighted by Gasteiger charge is 2.37. The topological polar surface area (TPSA) is 52.6 Å². The maximum atomic E-state index is 15.7. The van der Waals surface area contributed by atoms with Gasteiger partial charge in [0.05, 0.1) is 44.5 Å². The second kappa shape index (κ2) is 15.9. The fraction of sp³-hybridized carbons (Fsp3) is 0. The van der Waals surface area contributed by atoms with E-state index in [2.05, 4.69) is 0 Å². The summed E-state index contributed by atoms with van der Waals surface area (Å²) in [6, 6.07) is 3.76. The SMILES string of the molecule is Fc1c(F)c(F)c(/C2=c3\cc/c(o3)=C(\c3c(F)c(F)c(F)c(F)c3F)c3ccc(o3)/C(c3c(F)c(F)c(F)c(F)c3F)=c3/cc/c(o3)=C(\c3c(F)c(F)c(F)c(F)c3F)c3ccc2o3)c(F)c1F. The molecule has 0 atom stereocenters. The van der Waals surface area contributed by atoms with Gasteiger partial charge >= 0.3 is 0 Å². The smallest absolute Gasteiger partial charge is 0.200 e. The molecule has 9 rings (SSSR count). The molecule has 5 heterocycles. The van der Waals surface area contributed by atoms with Crippen LogP contribution in [0.5, 0.6) is 0 Å². The molecule has 4 aromatic heterocycles. The molecule has 24 heteroatoms. The second-order valence-corrected chi connectivity index (χ2v) is 13.9. The predicted molar refractivity (Wildman–Crippen MR) is 185 cm³/mol. The van der Waals surface area contributed by atoms with Crippen LogP contribution in [0.25, 0.3) is 22.3 Å². The van der Waals surface area contributed by atoms with Crippen molar-refractivity contribution in [2.45, 2.75) is 0 Å². The number of furan rings is 4. The number of hydrogen-bond donors (Lipinski definition) is 0. The zero-order valence-electron chi connectivity index (χ0n) is 31.8. The van der Waals surface area contributed by atoms with Crippen LogP contribution in [0.2, 0.25) is 0 Å². The summed E-state index contributed by atoms with van der Waals surface area (Å²) < 4.78 is 324. The molecule has 0 N–H and O–H groups in total. The van der Waals surface area contributed by atoms with Gasteiger partial charge in [-0.15, -0.1) is 0 Å². The van der Waals surface area contributed by atoms with Crippen molar-refractivity contribution in [3.63, 3.8) is 0 Å². The molecule has 0 unspecified atom stereocenters. The quantitative estimate of drug-likeness (QED) is 0.100. The van der Waals surface area contributed by atoms with E-state index in [0.29, 0.717) is 48.5 Å². The van der Waals surface area contributed by atoms with Crippen molar-refractivity contribution in [2.75, 3.05) is 0 Å². The summed E-state index contributed by atoms with van der Waals surface area (Å²) in [5, 5.41) is 0. The second-order valence-electron chi connectivity index (χ2n) is 13.9. The average Bonchev–Trinajstić information content (AvgIpc) is 4.18. The first kappa shape index (κ1) is 45.2. The third-order valence-corrected chi connectivity index (χ3v) is 10.2. The summed E-state index contributed by atoms with van der Waals surface area (Å²) in [6.07, 6.45) is 0. The van der Waals surface area contributed by atoms with Crippen molar-refractivity contribution in [3.8, 4) is 0 Å². The van der Waals surface area contributed by atoms with E-state index in [-0.39, 0.29) is 0 Å². The maximum Gasteiger partial charge on any atom is 0.200 e. The van der Waals surface area contributed by atoms with Gasteiger partial charge in [0.25, 0.3) is 0 Å². The molecule has 68 heavy (non-hydrogen) atoms. The fourth-order valence-electron chi connectivity index (χ4n) is 7.20. The molecule has 0 aliphatic carbocycles. The predicted octanol–water partition coefficient (Wildman–Crippen LogP) is 10.1. The van der Waals surface area contributed by atoms with E-state index in [4.69, 9.17) is 17.7 Å². The molecule has 0 fully saturated rings. The van der Waals surface area contributed by atoms with Crippen LogP contribution in [0.4, 0.5) is 87.8 Å². The van der Waals surface area contributed by atoms with Gasteiger partial charge in [-0.1, -0.05) is 0 Å². The molecule has 0 saturated carbocycles. The molecular weight excluding hydrogens is 972 g/mol. The Balaban J connectivity index is 1.56. The Kier molecular flexibility index (Phi) is 10.6. The third-order valence-electron chi connectivity index (χ3n) is 10.2. The Bertz CT molecular complexity index is 3220. The van der Waals surface area contributed by atoms with Crippen LogP contribution in [0, 0.1) is 116 Å². The van der Waals surface area contributed by atoms with Crippen LogP contribution >= 0.6 is 0 Å². The van der Waals surface area contributed by atoms with Crippen LogP contribution in [0.15, 0.2) is 66.2 Å². The first-order chi connectivity index (χ1) is 32.1. The van der Waals surface area contributed by atoms with Crippen LogP contribution in [-0.2, 0) is 0 Å². The highest BCUT2D eigenvalue weighted by molar-refractivity contribution is 5.83. The lowest BCUT2D eigenvalue weighted by Gasteiger charge is -2.12. The van der Waals surface area contributed by atoms with E-state index in [1.807, 2.05) is 0 Å². The van der Waals surface area contributed by atoms with E-state index in [0.717, 1.165) is 0 Å². The molecule has 0 amide bonds. The maximum absolute atomic E-state index is 15.7. The minimum atomic E-state index is -2.76. The summed E-state index contributed by atoms with van der Waals surface area (Å²) in [5.41, 5.74) is -18.8. The molecule has 4 aromatic carbocycles. The highest BCUT2D eigenvalue weighted by Crippen LogP contribution is 2.39. The summed E-state index contributed by atoms with van der Waals surface area (Å²) >= 11 is 0. The van der Waals surface area contributed by atoms with Gasteiger partial charge in [-0.25, -0.2) is 87.8 Å². The summed E-state index contributed by atoms with van der Waals surface area (Å²) in [4.78, 5) is 0. The molecule has 348 valence electrons. The Labute approximate surface area is 359 Å². The van der Waals surface area contributed by atoms with Crippen molar-refractivity contribution in [1.29, 1.82) is 0 Å². The molecule has 8 aromatic rings. The molecule has 1 aliphatic rings. The Morgan fingerprint density at radius 1 is 0.176 bits per heavy atom. The highest BCUT2D eigenvalue weighted by atomic mass is 19.2. The van der Waals surface area contributed by atoms with Crippen LogP contribution in [-0.4, -0.2) is 0 Å². The minimum absolute atomic E-state index is 0.471. The van der Waals surface area contributed by atoms with E-state index in [1.54, 1.807) is 0 Å². The molecule has 0 radical (unpaired) electrons. The molecule has 1 aliphatic heterocycles. The van der Waals surface area contributed by atoms with Crippen molar-refractivity contribution in [3.05, 3.63) is 232 Å². The van der Waals surface area contributed by atoms with Gasteiger partial charge < -0.3 is 17.7 Å². The first-order valence-corrected chi connectivity index (χ1v) is 18.1. The molecular formula is C44H8F20O4. The fourth-order valence-corrected chi connectivity index (χ4v) is 7.20. The van der Waals surface area contributed by atoms with Gasteiger partial charge in [-0.05, 0) is 48.5 Å². The van der Waals surface area contributed by atoms with Crippen LogP contribution in [0.3, 0.4) is 0 Å². The van der Waals surface area contributed by atoms with Gasteiger partial charge in [0.15, 0.2) is 93.1 Å². The van der Waals surface area contributed by atoms with Gasteiger partial charge in [0, 0.05) is 0 Å². The van der Waals surface area contributed by atoms with Crippen molar-refractivity contribution < 1.29 is 105 Å². The van der Waals surface area contributed by atoms with Crippen molar-refractivity contribution in [1.82, 2.24) is 0 Å². The lowest BCUT2D eigenvalue weighted by atomic mass is 10.0. The van der Waals surface area contributed by atoms with Crippen molar-refractivity contribution >= 4 is 22.3 Å². The monoisotopic (exact) mass is 980 g/mol. The molecule has 8 bridgehead atoms. The van der Waals surface area contributed by atoms with E-state index in [1.165, 1.54) is 0 Å². The minimum Gasteiger partial charge on any atom is -0.456 e. The number of rotatable bonds is 4. The number of hydrogen-bond acceptors (Lipinski definition) is 4. The Hall–Kier alpha value is -7.92. The van der Waals surface area contributed by atoms with Gasteiger partial charge in [-0.3, -0.25) is 0 Å². The number of fused-ring (bicyclic) bond motifs is 8. The normalized spacial score (nSPS) is 16.1. The van der Waals surface area contributed by atoms with E-state index in [9.17, 15) is 52.7 Å². The van der Waals surface area contributed by atoms with Crippen LogP contribution < -0.4 is 21.7 Å². The number of benzene rings is 4.